The third-order valence-corrected chi connectivity index (χ3v) is 5.48. The number of hydrogen-bond acceptors (Lipinski definition) is 6. The van der Waals surface area contributed by atoms with Crippen molar-refractivity contribution in [2.45, 2.75) is 43.0 Å². The molecule has 2 aliphatic rings. The van der Waals surface area contributed by atoms with Crippen molar-refractivity contribution in [1.82, 2.24) is 25.0 Å². The zero-order valence-corrected chi connectivity index (χ0v) is 14.4. The van der Waals surface area contributed by atoms with Crippen LogP contribution in [0.5, 0.6) is 0 Å². The van der Waals surface area contributed by atoms with Gasteiger partial charge in [-0.3, -0.25) is 4.79 Å². The fraction of sp³-hybridized carbons (Fsp3) is 0.800. The Bertz CT molecular complexity index is 510. The zero-order valence-electron chi connectivity index (χ0n) is 13.6. The summed E-state index contributed by atoms with van der Waals surface area (Å²) in [5.74, 6) is 0.471. The van der Waals surface area contributed by atoms with Gasteiger partial charge in [-0.2, -0.15) is 0 Å². The van der Waals surface area contributed by atoms with Gasteiger partial charge < -0.3 is 19.5 Å². The number of hydrogen-bond donors (Lipinski definition) is 1. The lowest BCUT2D eigenvalue weighted by Gasteiger charge is -2.33. The van der Waals surface area contributed by atoms with Crippen molar-refractivity contribution >= 4 is 17.7 Å². The van der Waals surface area contributed by atoms with Crippen molar-refractivity contribution in [2.75, 3.05) is 32.0 Å². The lowest BCUT2D eigenvalue weighted by atomic mass is 10.0. The Morgan fingerprint density at radius 2 is 2.26 bits per heavy atom. The molecule has 0 aliphatic carbocycles. The summed E-state index contributed by atoms with van der Waals surface area (Å²) < 4.78 is 7.52. The van der Waals surface area contributed by atoms with Gasteiger partial charge in [-0.15, -0.1) is 10.2 Å². The predicted octanol–water partition coefficient (Wildman–Crippen LogP) is 0.667. The molecule has 7 nitrogen and oxygen atoms in total. The third kappa shape index (κ3) is 4.92. The van der Waals surface area contributed by atoms with Crippen LogP contribution in [0.3, 0.4) is 0 Å². The average molecular weight is 339 g/mol. The Balaban J connectivity index is 1.33. The highest BCUT2D eigenvalue weighted by Crippen LogP contribution is 2.17. The van der Waals surface area contributed by atoms with Gasteiger partial charge in [0.1, 0.15) is 6.33 Å². The minimum absolute atomic E-state index is 0.0792. The Morgan fingerprint density at radius 1 is 1.43 bits per heavy atom. The number of amides is 1. The van der Waals surface area contributed by atoms with E-state index < -0.39 is 0 Å². The fourth-order valence-corrected chi connectivity index (χ4v) is 3.84. The highest BCUT2D eigenvalue weighted by Gasteiger charge is 2.24. The molecular weight excluding hydrogens is 314 g/mol. The van der Waals surface area contributed by atoms with Gasteiger partial charge >= 0.3 is 0 Å². The summed E-state index contributed by atoms with van der Waals surface area (Å²) in [5, 5.41) is 11.7. The molecule has 1 N–H and O–H groups in total. The molecule has 8 heteroatoms. The van der Waals surface area contributed by atoms with Gasteiger partial charge in [0.15, 0.2) is 5.16 Å². The maximum absolute atomic E-state index is 12.1. The highest BCUT2D eigenvalue weighted by atomic mass is 32.2. The van der Waals surface area contributed by atoms with Crippen molar-refractivity contribution in [3.05, 3.63) is 6.33 Å². The Hall–Kier alpha value is -1.12. The standard InChI is InChI=1S/C15H25N5O2S/c1-19-11-16-18-15(19)23-10-14(21)17-12-4-6-20(7-5-12)9-13-3-2-8-22-13/h11-13H,2-10H2,1H3,(H,17,21)/t13-/m1/s1. The van der Waals surface area contributed by atoms with Crippen LogP contribution in [-0.4, -0.2) is 69.7 Å². The van der Waals surface area contributed by atoms with Crippen LogP contribution in [0.2, 0.25) is 0 Å². The summed E-state index contributed by atoms with van der Waals surface area (Å²) in [4.78, 5) is 14.5. The number of rotatable bonds is 6. The van der Waals surface area contributed by atoms with E-state index in [0.717, 1.165) is 44.2 Å². The number of nitrogens with zero attached hydrogens (tertiary/aromatic N) is 4. The molecule has 128 valence electrons. The summed E-state index contributed by atoms with van der Waals surface area (Å²) >= 11 is 1.42. The second-order valence-corrected chi connectivity index (χ2v) is 7.23. The van der Waals surface area contributed by atoms with Gasteiger partial charge in [0.05, 0.1) is 11.9 Å². The summed E-state index contributed by atoms with van der Waals surface area (Å²) in [7, 11) is 1.88. The molecule has 3 rings (SSSR count). The molecule has 1 atom stereocenters. The van der Waals surface area contributed by atoms with E-state index >= 15 is 0 Å². The maximum atomic E-state index is 12.1. The molecular formula is C15H25N5O2S. The molecule has 2 aliphatic heterocycles. The number of carbonyl (C=O) groups is 1. The minimum atomic E-state index is 0.0792. The topological polar surface area (TPSA) is 72.3 Å². The van der Waals surface area contributed by atoms with Crippen LogP contribution in [0.4, 0.5) is 0 Å². The Morgan fingerprint density at radius 3 is 2.91 bits per heavy atom. The second-order valence-electron chi connectivity index (χ2n) is 6.29. The monoisotopic (exact) mass is 339 g/mol. The summed E-state index contributed by atoms with van der Waals surface area (Å²) in [6.07, 6.45) is 6.49. The number of ether oxygens (including phenoxy) is 1. The Labute approximate surface area is 141 Å². The first-order chi connectivity index (χ1) is 11.2. The molecule has 0 radical (unpaired) electrons. The molecule has 2 saturated heterocycles. The van der Waals surface area contributed by atoms with Crippen LogP contribution < -0.4 is 5.32 Å². The van der Waals surface area contributed by atoms with Crippen LogP contribution >= 0.6 is 11.8 Å². The molecule has 1 amide bonds. The normalized spacial score (nSPS) is 23.3. The molecule has 23 heavy (non-hydrogen) atoms. The molecule has 0 spiro atoms. The van der Waals surface area contributed by atoms with Crippen molar-refractivity contribution in [2.24, 2.45) is 7.05 Å². The molecule has 0 bridgehead atoms. The first kappa shape index (κ1) is 16.7. The molecule has 0 saturated carbocycles. The van der Waals surface area contributed by atoms with Gasteiger partial charge in [0.2, 0.25) is 5.91 Å². The van der Waals surface area contributed by atoms with Gasteiger partial charge in [0.25, 0.3) is 0 Å². The molecule has 3 heterocycles. The maximum Gasteiger partial charge on any atom is 0.230 e. The van der Waals surface area contributed by atoms with E-state index in [9.17, 15) is 4.79 Å². The first-order valence-electron chi connectivity index (χ1n) is 8.31. The van der Waals surface area contributed by atoms with Gasteiger partial charge in [-0.1, -0.05) is 11.8 Å². The second kappa shape index (κ2) is 8.12. The van der Waals surface area contributed by atoms with E-state index in [2.05, 4.69) is 20.4 Å². The van der Waals surface area contributed by atoms with Crippen LogP contribution in [0.1, 0.15) is 25.7 Å². The van der Waals surface area contributed by atoms with E-state index in [1.165, 1.54) is 24.6 Å². The van der Waals surface area contributed by atoms with Crippen molar-refractivity contribution in [3.63, 3.8) is 0 Å². The smallest absolute Gasteiger partial charge is 0.230 e. The number of likely N-dealkylation sites (tertiary alicyclic amines) is 1. The third-order valence-electron chi connectivity index (χ3n) is 4.44. The van der Waals surface area contributed by atoms with Gasteiger partial charge in [0, 0.05) is 39.3 Å². The molecule has 0 aromatic carbocycles. The fourth-order valence-electron chi connectivity index (χ4n) is 3.14. The van der Waals surface area contributed by atoms with Crippen molar-refractivity contribution < 1.29 is 9.53 Å². The number of aromatic nitrogens is 3. The SMILES string of the molecule is Cn1cnnc1SCC(=O)NC1CCN(C[C@H]2CCCO2)CC1. The van der Waals surface area contributed by atoms with Crippen molar-refractivity contribution in [3.8, 4) is 0 Å². The van der Waals surface area contributed by atoms with Crippen LogP contribution in [0.25, 0.3) is 0 Å². The summed E-state index contributed by atoms with van der Waals surface area (Å²) in [6, 6.07) is 0.295. The number of piperidine rings is 1. The number of aryl methyl sites for hydroxylation is 1. The van der Waals surface area contributed by atoms with E-state index in [-0.39, 0.29) is 5.91 Å². The quantitative estimate of drug-likeness (QED) is 0.768. The van der Waals surface area contributed by atoms with Crippen molar-refractivity contribution in [1.29, 1.82) is 0 Å². The number of carbonyl (C=O) groups excluding carboxylic acids is 1. The summed E-state index contributed by atoms with van der Waals surface area (Å²) in [5.41, 5.74) is 0. The molecule has 2 fully saturated rings. The van der Waals surface area contributed by atoms with E-state index in [0.29, 0.717) is 17.9 Å². The van der Waals surface area contributed by atoms with Gasteiger partial charge in [-0.25, -0.2) is 0 Å². The molecule has 1 aromatic rings. The highest BCUT2D eigenvalue weighted by molar-refractivity contribution is 7.99. The lowest BCUT2D eigenvalue weighted by Crippen LogP contribution is -2.46. The van der Waals surface area contributed by atoms with E-state index in [1.54, 1.807) is 6.33 Å². The Kier molecular flexibility index (Phi) is 5.91. The largest absolute Gasteiger partial charge is 0.377 e. The van der Waals surface area contributed by atoms with E-state index in [1.807, 2.05) is 11.6 Å². The molecule has 0 unspecified atom stereocenters. The lowest BCUT2D eigenvalue weighted by molar-refractivity contribution is -0.119. The van der Waals surface area contributed by atoms with Gasteiger partial charge in [-0.05, 0) is 25.7 Å². The van der Waals surface area contributed by atoms with Crippen LogP contribution in [0.15, 0.2) is 11.5 Å². The van der Waals surface area contributed by atoms with Crippen LogP contribution in [0, 0.1) is 0 Å². The predicted molar refractivity (Wildman–Crippen MR) is 88.3 cm³/mol. The van der Waals surface area contributed by atoms with Crippen LogP contribution in [-0.2, 0) is 16.6 Å². The molecule has 1 aromatic heterocycles. The van der Waals surface area contributed by atoms with E-state index in [4.69, 9.17) is 4.74 Å². The minimum Gasteiger partial charge on any atom is -0.377 e. The summed E-state index contributed by atoms with van der Waals surface area (Å²) in [6.45, 7) is 4.05. The zero-order chi connectivity index (χ0) is 16.1. The first-order valence-corrected chi connectivity index (χ1v) is 9.29. The number of nitrogens with one attached hydrogen (secondary N) is 1. The average Bonchev–Trinajstić information content (AvgIpc) is 3.19. The number of thioether (sulfide) groups is 1.